The molecule has 3 heterocycles. The number of aliphatic imine (C=N–C) groups is 1. The van der Waals surface area contributed by atoms with Crippen molar-refractivity contribution in [2.45, 2.75) is 12.5 Å². The Morgan fingerprint density at radius 3 is 2.55 bits per heavy atom. The number of rotatable bonds is 4. The first kappa shape index (κ1) is 19.5. The number of hydrogen-bond donors (Lipinski definition) is 1. The summed E-state index contributed by atoms with van der Waals surface area (Å²) in [7, 11) is 1.81. The molecule has 2 atom stereocenters. The average molecular weight is 396 g/mol. The van der Waals surface area contributed by atoms with Crippen molar-refractivity contribution < 1.29 is 13.9 Å². The molecule has 2 unspecified atom stereocenters. The van der Waals surface area contributed by atoms with Crippen LogP contribution in [0.2, 0.25) is 0 Å². The van der Waals surface area contributed by atoms with E-state index in [1.165, 1.54) is 11.8 Å². The highest BCUT2D eigenvalue weighted by Gasteiger charge is 2.30. The van der Waals surface area contributed by atoms with Gasteiger partial charge in [0.2, 0.25) is 0 Å². The molecule has 0 saturated carbocycles. The van der Waals surface area contributed by atoms with Crippen LogP contribution in [-0.2, 0) is 4.74 Å². The summed E-state index contributed by atoms with van der Waals surface area (Å²) in [5, 5.41) is 3.53. The van der Waals surface area contributed by atoms with Gasteiger partial charge in [0, 0.05) is 52.3 Å². The van der Waals surface area contributed by atoms with Crippen molar-refractivity contribution in [3.05, 3.63) is 60.1 Å². The summed E-state index contributed by atoms with van der Waals surface area (Å²) in [6.45, 7) is 4.40. The van der Waals surface area contributed by atoms with Gasteiger partial charge in [0.25, 0.3) is 5.91 Å². The number of guanidine groups is 1. The Labute approximate surface area is 171 Å². The predicted molar refractivity (Wildman–Crippen MR) is 111 cm³/mol. The van der Waals surface area contributed by atoms with E-state index >= 15 is 0 Å². The van der Waals surface area contributed by atoms with Crippen LogP contribution < -0.4 is 5.32 Å². The van der Waals surface area contributed by atoms with E-state index in [4.69, 9.17) is 9.15 Å². The molecule has 0 radical (unpaired) electrons. The number of nitrogens with zero attached hydrogens (tertiary/aromatic N) is 3. The van der Waals surface area contributed by atoms with Crippen molar-refractivity contribution in [2.24, 2.45) is 10.9 Å². The first-order chi connectivity index (χ1) is 14.3. The van der Waals surface area contributed by atoms with Crippen LogP contribution in [0, 0.1) is 5.92 Å². The molecule has 0 bridgehead atoms. The van der Waals surface area contributed by atoms with Gasteiger partial charge in [0.05, 0.1) is 12.4 Å². The molecule has 7 heteroatoms. The first-order valence-corrected chi connectivity index (χ1v) is 10.2. The molecule has 2 fully saturated rings. The number of carbonyl (C=O) groups excluding carboxylic acids is 1. The normalized spacial score (nSPS) is 22.7. The maximum absolute atomic E-state index is 12.4. The lowest BCUT2D eigenvalue weighted by Crippen LogP contribution is -2.54. The van der Waals surface area contributed by atoms with E-state index in [9.17, 15) is 4.79 Å². The smallest absolute Gasteiger partial charge is 0.289 e. The van der Waals surface area contributed by atoms with Gasteiger partial charge < -0.3 is 24.3 Å². The largest absolute Gasteiger partial charge is 0.459 e. The number of furan rings is 1. The van der Waals surface area contributed by atoms with Gasteiger partial charge in [-0.1, -0.05) is 30.3 Å². The lowest BCUT2D eigenvalue weighted by atomic mass is 9.95. The molecule has 4 rings (SSSR count). The van der Waals surface area contributed by atoms with E-state index < -0.39 is 0 Å². The van der Waals surface area contributed by atoms with Crippen LogP contribution in [0.15, 0.2) is 58.1 Å². The summed E-state index contributed by atoms with van der Waals surface area (Å²) in [5.74, 6) is 1.64. The Balaban J connectivity index is 1.29. The summed E-state index contributed by atoms with van der Waals surface area (Å²) in [5.41, 5.74) is 1.23. The second kappa shape index (κ2) is 9.13. The summed E-state index contributed by atoms with van der Waals surface area (Å²) in [6, 6.07) is 13.9. The van der Waals surface area contributed by atoms with Gasteiger partial charge in [-0.05, 0) is 24.1 Å². The molecule has 2 aliphatic heterocycles. The number of amides is 1. The Kier molecular flexibility index (Phi) is 6.14. The molecule has 1 amide bonds. The Hall–Kier alpha value is -2.80. The fourth-order valence-corrected chi connectivity index (χ4v) is 4.09. The fourth-order valence-electron chi connectivity index (χ4n) is 4.09. The number of benzene rings is 1. The van der Waals surface area contributed by atoms with Crippen LogP contribution in [0.25, 0.3) is 0 Å². The highest BCUT2D eigenvalue weighted by molar-refractivity contribution is 5.91. The topological polar surface area (TPSA) is 70.3 Å². The van der Waals surface area contributed by atoms with Crippen molar-refractivity contribution in [3.63, 3.8) is 0 Å². The monoisotopic (exact) mass is 396 g/mol. The summed E-state index contributed by atoms with van der Waals surface area (Å²) < 4.78 is 11.2. The van der Waals surface area contributed by atoms with Gasteiger partial charge in [0.1, 0.15) is 0 Å². The van der Waals surface area contributed by atoms with Crippen molar-refractivity contribution in [1.82, 2.24) is 15.1 Å². The molecule has 0 spiro atoms. The third-order valence-corrected chi connectivity index (χ3v) is 5.67. The number of carbonyl (C=O) groups is 1. The molecule has 7 nitrogen and oxygen atoms in total. The molecule has 2 aromatic rings. The quantitative estimate of drug-likeness (QED) is 0.635. The number of nitrogens with one attached hydrogen (secondary N) is 1. The van der Waals surface area contributed by atoms with Gasteiger partial charge in [-0.2, -0.15) is 0 Å². The zero-order valence-corrected chi connectivity index (χ0v) is 16.8. The molecule has 2 aliphatic rings. The van der Waals surface area contributed by atoms with E-state index in [0.717, 1.165) is 38.6 Å². The highest BCUT2D eigenvalue weighted by atomic mass is 16.5. The average Bonchev–Trinajstić information content (AvgIpc) is 3.47. The highest BCUT2D eigenvalue weighted by Crippen LogP contribution is 2.33. The molecule has 154 valence electrons. The molecule has 1 aromatic heterocycles. The van der Waals surface area contributed by atoms with Crippen molar-refractivity contribution in [1.29, 1.82) is 0 Å². The minimum atomic E-state index is -0.0496. The van der Waals surface area contributed by atoms with E-state index in [0.29, 0.717) is 24.8 Å². The molecule has 29 heavy (non-hydrogen) atoms. The Morgan fingerprint density at radius 2 is 1.86 bits per heavy atom. The van der Waals surface area contributed by atoms with Gasteiger partial charge in [0.15, 0.2) is 11.7 Å². The third-order valence-electron chi connectivity index (χ3n) is 5.67. The van der Waals surface area contributed by atoms with E-state index in [2.05, 4.69) is 39.5 Å². The molecule has 0 aliphatic carbocycles. The van der Waals surface area contributed by atoms with Crippen LogP contribution in [-0.4, -0.2) is 68.0 Å². The van der Waals surface area contributed by atoms with E-state index in [-0.39, 0.29) is 12.0 Å². The SMILES string of the molecule is CN=C(NCC1CCOC1c1ccccc1)N1CCN(C(=O)c2ccco2)CC1. The van der Waals surface area contributed by atoms with Crippen LogP contribution in [0.4, 0.5) is 0 Å². The van der Waals surface area contributed by atoms with Crippen LogP contribution in [0.1, 0.15) is 28.6 Å². The van der Waals surface area contributed by atoms with E-state index in [1.807, 2.05) is 18.0 Å². The van der Waals surface area contributed by atoms with Crippen LogP contribution >= 0.6 is 0 Å². The van der Waals surface area contributed by atoms with Gasteiger partial charge >= 0.3 is 0 Å². The summed E-state index contributed by atoms with van der Waals surface area (Å²) in [6.07, 6.45) is 2.70. The zero-order valence-electron chi connectivity index (χ0n) is 16.8. The zero-order chi connectivity index (χ0) is 20.1. The molecular formula is C22H28N4O3. The van der Waals surface area contributed by atoms with Gasteiger partial charge in [-0.25, -0.2) is 0 Å². The second-order valence-corrected chi connectivity index (χ2v) is 7.44. The Morgan fingerprint density at radius 1 is 1.10 bits per heavy atom. The Bertz CT molecular complexity index is 814. The third kappa shape index (κ3) is 4.45. The van der Waals surface area contributed by atoms with Crippen LogP contribution in [0.3, 0.4) is 0 Å². The van der Waals surface area contributed by atoms with Gasteiger partial charge in [-0.15, -0.1) is 0 Å². The number of piperazine rings is 1. The molecular weight excluding hydrogens is 368 g/mol. The van der Waals surface area contributed by atoms with E-state index in [1.54, 1.807) is 12.1 Å². The lowest BCUT2D eigenvalue weighted by Gasteiger charge is -2.36. The standard InChI is InChI=1S/C22H28N4O3/c1-23-22(24-16-18-9-15-29-20(18)17-6-3-2-4-7-17)26-12-10-25(11-13-26)21(27)19-8-5-14-28-19/h2-8,14,18,20H,9-13,15-16H2,1H3,(H,23,24). The summed E-state index contributed by atoms with van der Waals surface area (Å²) in [4.78, 5) is 20.9. The molecule has 1 N–H and O–H groups in total. The van der Waals surface area contributed by atoms with Crippen molar-refractivity contribution in [3.8, 4) is 0 Å². The van der Waals surface area contributed by atoms with Crippen molar-refractivity contribution >= 4 is 11.9 Å². The van der Waals surface area contributed by atoms with Crippen molar-refractivity contribution in [2.75, 3.05) is 46.4 Å². The first-order valence-electron chi connectivity index (χ1n) is 10.2. The minimum absolute atomic E-state index is 0.0496. The number of ether oxygens (including phenoxy) is 1. The van der Waals surface area contributed by atoms with Gasteiger partial charge in [-0.3, -0.25) is 9.79 Å². The maximum atomic E-state index is 12.4. The molecule has 1 aromatic carbocycles. The maximum Gasteiger partial charge on any atom is 0.289 e. The summed E-state index contributed by atoms with van der Waals surface area (Å²) >= 11 is 0. The fraction of sp³-hybridized carbons (Fsp3) is 0.455. The minimum Gasteiger partial charge on any atom is -0.459 e. The van der Waals surface area contributed by atoms with Crippen LogP contribution in [0.5, 0.6) is 0 Å². The number of hydrogen-bond acceptors (Lipinski definition) is 4. The molecule has 2 saturated heterocycles. The predicted octanol–water partition coefficient (Wildman–Crippen LogP) is 2.39. The second-order valence-electron chi connectivity index (χ2n) is 7.44. The lowest BCUT2D eigenvalue weighted by molar-refractivity contribution is 0.0656.